The standard InChI is InChI=1S/C20H24N2O4/c23-13-1-11-21-19(25)17-7-3-15(4-8-17)16-5-9-18(10-6-16)20(26)22-12-2-14-24/h3-10,23-24H,1-2,11-14H2,(H,21,25)(H,22,26). The quantitative estimate of drug-likeness (QED) is 0.513. The van der Waals surface area contributed by atoms with E-state index in [0.29, 0.717) is 37.1 Å². The van der Waals surface area contributed by atoms with Crippen LogP contribution in [0.2, 0.25) is 0 Å². The average molecular weight is 356 g/mol. The molecular weight excluding hydrogens is 332 g/mol. The third-order valence-electron chi connectivity index (χ3n) is 3.87. The van der Waals surface area contributed by atoms with Crippen molar-refractivity contribution in [1.29, 1.82) is 0 Å². The smallest absolute Gasteiger partial charge is 0.251 e. The number of carbonyl (C=O) groups excluding carboxylic acids is 2. The molecule has 2 aromatic rings. The molecule has 0 saturated carbocycles. The molecular formula is C20H24N2O4. The van der Waals surface area contributed by atoms with Gasteiger partial charge in [0.2, 0.25) is 0 Å². The lowest BCUT2D eigenvalue weighted by molar-refractivity contribution is 0.0942. The van der Waals surface area contributed by atoms with Crippen molar-refractivity contribution in [3.8, 4) is 11.1 Å². The lowest BCUT2D eigenvalue weighted by Gasteiger charge is -2.07. The first-order chi connectivity index (χ1) is 12.7. The van der Waals surface area contributed by atoms with Crippen LogP contribution in [0.15, 0.2) is 48.5 Å². The molecule has 2 aromatic carbocycles. The van der Waals surface area contributed by atoms with Crippen LogP contribution in [0.4, 0.5) is 0 Å². The lowest BCUT2D eigenvalue weighted by Crippen LogP contribution is -2.25. The number of aliphatic hydroxyl groups is 2. The maximum absolute atomic E-state index is 11.9. The number of rotatable bonds is 9. The Hall–Kier alpha value is -2.70. The highest BCUT2D eigenvalue weighted by Crippen LogP contribution is 2.20. The summed E-state index contributed by atoms with van der Waals surface area (Å²) in [6.45, 7) is 0.987. The van der Waals surface area contributed by atoms with Crippen LogP contribution in [0.5, 0.6) is 0 Å². The number of hydrogen-bond acceptors (Lipinski definition) is 4. The van der Waals surface area contributed by atoms with Gasteiger partial charge in [0.1, 0.15) is 0 Å². The molecule has 0 aliphatic carbocycles. The molecule has 0 unspecified atom stereocenters. The SMILES string of the molecule is O=C(NCCCO)c1ccc(-c2ccc(C(=O)NCCCO)cc2)cc1. The summed E-state index contributed by atoms with van der Waals surface area (Å²) < 4.78 is 0. The molecule has 0 saturated heterocycles. The summed E-state index contributed by atoms with van der Waals surface area (Å²) in [5, 5.41) is 22.9. The molecule has 2 amide bonds. The molecule has 6 nitrogen and oxygen atoms in total. The second kappa shape index (κ2) is 10.3. The maximum Gasteiger partial charge on any atom is 0.251 e. The van der Waals surface area contributed by atoms with Crippen molar-refractivity contribution >= 4 is 11.8 Å². The molecule has 4 N–H and O–H groups in total. The van der Waals surface area contributed by atoms with Gasteiger partial charge in [-0.15, -0.1) is 0 Å². The first-order valence-electron chi connectivity index (χ1n) is 8.64. The highest BCUT2D eigenvalue weighted by Gasteiger charge is 2.07. The van der Waals surface area contributed by atoms with E-state index in [2.05, 4.69) is 10.6 Å². The van der Waals surface area contributed by atoms with Crippen LogP contribution in [-0.2, 0) is 0 Å². The zero-order valence-corrected chi connectivity index (χ0v) is 14.6. The first kappa shape index (κ1) is 19.6. The summed E-state index contributed by atoms with van der Waals surface area (Å²) in [6, 6.07) is 14.4. The highest BCUT2D eigenvalue weighted by atomic mass is 16.3. The zero-order chi connectivity index (χ0) is 18.8. The van der Waals surface area contributed by atoms with Crippen LogP contribution < -0.4 is 10.6 Å². The van der Waals surface area contributed by atoms with Gasteiger partial charge in [-0.05, 0) is 48.2 Å². The second-order valence-electron chi connectivity index (χ2n) is 5.82. The Labute approximate surface area is 152 Å². The summed E-state index contributed by atoms with van der Waals surface area (Å²) in [7, 11) is 0. The van der Waals surface area contributed by atoms with Crippen LogP contribution in [0, 0.1) is 0 Å². The van der Waals surface area contributed by atoms with Gasteiger partial charge in [0, 0.05) is 37.4 Å². The fourth-order valence-corrected chi connectivity index (χ4v) is 2.39. The van der Waals surface area contributed by atoms with E-state index in [1.165, 1.54) is 0 Å². The summed E-state index contributed by atoms with van der Waals surface area (Å²) in [5.74, 6) is -0.334. The molecule has 0 atom stereocenters. The molecule has 0 radical (unpaired) electrons. The number of nitrogens with one attached hydrogen (secondary N) is 2. The zero-order valence-electron chi connectivity index (χ0n) is 14.6. The van der Waals surface area contributed by atoms with E-state index < -0.39 is 0 Å². The summed E-state index contributed by atoms with van der Waals surface area (Å²) in [5.41, 5.74) is 3.02. The molecule has 0 spiro atoms. The van der Waals surface area contributed by atoms with Crippen molar-refractivity contribution in [3.05, 3.63) is 59.7 Å². The van der Waals surface area contributed by atoms with Gasteiger partial charge in [0.05, 0.1) is 0 Å². The van der Waals surface area contributed by atoms with Gasteiger partial charge in [-0.3, -0.25) is 9.59 Å². The minimum absolute atomic E-state index is 0.0503. The van der Waals surface area contributed by atoms with Gasteiger partial charge >= 0.3 is 0 Å². The highest BCUT2D eigenvalue weighted by molar-refractivity contribution is 5.95. The molecule has 6 heteroatoms. The Morgan fingerprint density at radius 3 is 1.31 bits per heavy atom. The van der Waals surface area contributed by atoms with Gasteiger partial charge in [-0.25, -0.2) is 0 Å². The summed E-state index contributed by atoms with van der Waals surface area (Å²) in [4.78, 5) is 23.9. The van der Waals surface area contributed by atoms with Crippen LogP contribution in [0.25, 0.3) is 11.1 Å². The van der Waals surface area contributed by atoms with E-state index in [1.54, 1.807) is 24.3 Å². The fraction of sp³-hybridized carbons (Fsp3) is 0.300. The van der Waals surface area contributed by atoms with E-state index in [9.17, 15) is 9.59 Å². The van der Waals surface area contributed by atoms with Crippen molar-refractivity contribution in [2.75, 3.05) is 26.3 Å². The molecule has 2 rings (SSSR count). The Balaban J connectivity index is 1.98. The molecule has 0 heterocycles. The van der Waals surface area contributed by atoms with Crippen molar-refractivity contribution in [2.24, 2.45) is 0 Å². The molecule has 0 aromatic heterocycles. The van der Waals surface area contributed by atoms with E-state index in [1.807, 2.05) is 24.3 Å². The van der Waals surface area contributed by atoms with Crippen LogP contribution >= 0.6 is 0 Å². The molecule has 0 aliphatic heterocycles. The third-order valence-corrected chi connectivity index (χ3v) is 3.87. The average Bonchev–Trinajstić information content (AvgIpc) is 2.68. The van der Waals surface area contributed by atoms with Gasteiger partial charge in [0.15, 0.2) is 0 Å². The minimum atomic E-state index is -0.167. The number of benzene rings is 2. The Morgan fingerprint density at radius 2 is 1.00 bits per heavy atom. The topological polar surface area (TPSA) is 98.7 Å². The van der Waals surface area contributed by atoms with Crippen LogP contribution in [-0.4, -0.2) is 48.3 Å². The molecule has 138 valence electrons. The first-order valence-corrected chi connectivity index (χ1v) is 8.64. The van der Waals surface area contributed by atoms with Crippen LogP contribution in [0.1, 0.15) is 33.6 Å². The van der Waals surface area contributed by atoms with Crippen LogP contribution in [0.3, 0.4) is 0 Å². The van der Waals surface area contributed by atoms with Crippen molar-refractivity contribution in [3.63, 3.8) is 0 Å². The lowest BCUT2D eigenvalue weighted by atomic mass is 10.0. The number of carbonyl (C=O) groups is 2. The molecule has 0 aliphatic rings. The normalized spacial score (nSPS) is 10.4. The van der Waals surface area contributed by atoms with E-state index >= 15 is 0 Å². The molecule has 26 heavy (non-hydrogen) atoms. The maximum atomic E-state index is 11.9. The monoisotopic (exact) mass is 356 g/mol. The van der Waals surface area contributed by atoms with E-state index in [4.69, 9.17) is 10.2 Å². The van der Waals surface area contributed by atoms with Crippen molar-refractivity contribution in [2.45, 2.75) is 12.8 Å². The molecule has 0 bridgehead atoms. The van der Waals surface area contributed by atoms with Crippen molar-refractivity contribution < 1.29 is 19.8 Å². The Morgan fingerprint density at radius 1 is 0.654 bits per heavy atom. The van der Waals surface area contributed by atoms with Crippen molar-refractivity contribution in [1.82, 2.24) is 10.6 Å². The predicted octanol–water partition coefficient (Wildman–Crippen LogP) is 1.58. The van der Waals surface area contributed by atoms with Gasteiger partial charge in [-0.1, -0.05) is 24.3 Å². The second-order valence-corrected chi connectivity index (χ2v) is 5.82. The fourth-order valence-electron chi connectivity index (χ4n) is 2.39. The van der Waals surface area contributed by atoms with Gasteiger partial charge in [-0.2, -0.15) is 0 Å². The van der Waals surface area contributed by atoms with E-state index in [0.717, 1.165) is 11.1 Å². The van der Waals surface area contributed by atoms with E-state index in [-0.39, 0.29) is 25.0 Å². The Kier molecular flexibility index (Phi) is 7.79. The summed E-state index contributed by atoms with van der Waals surface area (Å²) in [6.07, 6.45) is 1.06. The third kappa shape index (κ3) is 5.68. The Bertz CT molecular complexity index is 648. The van der Waals surface area contributed by atoms with Gasteiger partial charge in [0.25, 0.3) is 11.8 Å². The largest absolute Gasteiger partial charge is 0.396 e. The predicted molar refractivity (Wildman–Crippen MR) is 100.0 cm³/mol. The number of aliphatic hydroxyl groups excluding tert-OH is 2. The number of hydrogen-bond donors (Lipinski definition) is 4. The molecule has 0 fully saturated rings. The summed E-state index contributed by atoms with van der Waals surface area (Å²) >= 11 is 0. The number of amides is 2. The minimum Gasteiger partial charge on any atom is -0.396 e. The van der Waals surface area contributed by atoms with Gasteiger partial charge < -0.3 is 20.8 Å².